The predicted molar refractivity (Wildman–Crippen MR) is 92.9 cm³/mol. The fourth-order valence-corrected chi connectivity index (χ4v) is 2.58. The third-order valence-electron chi connectivity index (χ3n) is 3.80. The number of nitrogens with one attached hydrogen (secondary N) is 2. The maximum Gasteiger partial charge on any atom is 0.261 e. The molecule has 0 bridgehead atoms. The zero-order valence-corrected chi connectivity index (χ0v) is 12.9. The van der Waals surface area contributed by atoms with E-state index in [0.29, 0.717) is 29.4 Å². The second-order valence-electron chi connectivity index (χ2n) is 5.35. The third kappa shape index (κ3) is 3.03. The van der Waals surface area contributed by atoms with Crippen molar-refractivity contribution >= 4 is 22.5 Å². The SMILES string of the molecule is N#CCCc1ccccc1NC(=O)c1c[nH]c2ccccc2c1=O. The van der Waals surface area contributed by atoms with Crippen LogP contribution < -0.4 is 10.7 Å². The molecular weight excluding hydrogens is 302 g/mol. The molecule has 0 saturated heterocycles. The summed E-state index contributed by atoms with van der Waals surface area (Å²) in [4.78, 5) is 28.0. The van der Waals surface area contributed by atoms with E-state index in [1.165, 1.54) is 6.20 Å². The maximum atomic E-state index is 12.5. The van der Waals surface area contributed by atoms with Crippen molar-refractivity contribution in [1.82, 2.24) is 4.98 Å². The number of H-pyrrole nitrogens is 1. The second kappa shape index (κ2) is 6.80. The molecule has 0 radical (unpaired) electrons. The van der Waals surface area contributed by atoms with Gasteiger partial charge in [-0.05, 0) is 30.2 Å². The van der Waals surface area contributed by atoms with Gasteiger partial charge in [-0.2, -0.15) is 5.26 Å². The molecule has 0 aliphatic heterocycles. The molecule has 5 heteroatoms. The lowest BCUT2D eigenvalue weighted by atomic mass is 10.1. The van der Waals surface area contributed by atoms with Gasteiger partial charge in [-0.25, -0.2) is 0 Å². The van der Waals surface area contributed by atoms with Crippen LogP contribution in [0.1, 0.15) is 22.3 Å². The largest absolute Gasteiger partial charge is 0.360 e. The number of para-hydroxylation sites is 2. The van der Waals surface area contributed by atoms with Gasteiger partial charge in [-0.1, -0.05) is 30.3 Å². The summed E-state index contributed by atoms with van der Waals surface area (Å²) in [7, 11) is 0. The van der Waals surface area contributed by atoms with Crippen LogP contribution in [-0.2, 0) is 6.42 Å². The molecule has 0 atom stereocenters. The lowest BCUT2D eigenvalue weighted by Gasteiger charge is -2.10. The second-order valence-corrected chi connectivity index (χ2v) is 5.35. The Labute approximate surface area is 138 Å². The molecule has 5 nitrogen and oxygen atoms in total. The third-order valence-corrected chi connectivity index (χ3v) is 3.80. The van der Waals surface area contributed by atoms with Crippen LogP contribution in [0.15, 0.2) is 59.5 Å². The summed E-state index contributed by atoms with van der Waals surface area (Å²) in [5.41, 5.74) is 1.92. The zero-order valence-electron chi connectivity index (χ0n) is 12.9. The van der Waals surface area contributed by atoms with Crippen molar-refractivity contribution in [2.75, 3.05) is 5.32 Å². The molecule has 0 unspecified atom stereocenters. The summed E-state index contributed by atoms with van der Waals surface area (Å²) in [6.45, 7) is 0. The van der Waals surface area contributed by atoms with E-state index in [1.807, 2.05) is 18.2 Å². The summed E-state index contributed by atoms with van der Waals surface area (Å²) in [5, 5.41) is 12.0. The Morgan fingerprint density at radius 3 is 2.71 bits per heavy atom. The molecule has 0 fully saturated rings. The first-order valence-electron chi connectivity index (χ1n) is 7.57. The van der Waals surface area contributed by atoms with Crippen molar-refractivity contribution in [3.05, 3.63) is 76.1 Å². The van der Waals surface area contributed by atoms with Gasteiger partial charge in [0, 0.05) is 29.2 Å². The molecule has 2 N–H and O–H groups in total. The summed E-state index contributed by atoms with van der Waals surface area (Å²) in [5.74, 6) is -0.466. The number of aromatic nitrogens is 1. The lowest BCUT2D eigenvalue weighted by molar-refractivity contribution is 0.102. The van der Waals surface area contributed by atoms with Gasteiger partial charge in [-0.15, -0.1) is 0 Å². The number of nitriles is 1. The number of carbonyl (C=O) groups is 1. The van der Waals surface area contributed by atoms with Gasteiger partial charge in [0.05, 0.1) is 6.07 Å². The molecule has 1 aromatic heterocycles. The first kappa shape index (κ1) is 15.5. The molecule has 0 aliphatic rings. The molecule has 1 heterocycles. The smallest absolute Gasteiger partial charge is 0.261 e. The monoisotopic (exact) mass is 317 g/mol. The van der Waals surface area contributed by atoms with Crippen LogP contribution in [0.4, 0.5) is 5.69 Å². The summed E-state index contributed by atoms with van der Waals surface area (Å²) >= 11 is 0. The molecule has 0 spiro atoms. The highest BCUT2D eigenvalue weighted by Gasteiger charge is 2.14. The highest BCUT2D eigenvalue weighted by atomic mass is 16.2. The van der Waals surface area contributed by atoms with Gasteiger partial charge in [0.25, 0.3) is 5.91 Å². The Hall–Kier alpha value is -3.39. The van der Waals surface area contributed by atoms with Crippen LogP contribution in [-0.4, -0.2) is 10.9 Å². The molecule has 24 heavy (non-hydrogen) atoms. The Bertz CT molecular complexity index is 999. The van der Waals surface area contributed by atoms with Crippen molar-refractivity contribution in [1.29, 1.82) is 5.26 Å². The molecule has 0 saturated carbocycles. The van der Waals surface area contributed by atoms with Gasteiger partial charge >= 0.3 is 0 Å². The Kier molecular flexibility index (Phi) is 4.39. The van der Waals surface area contributed by atoms with Gasteiger partial charge in [0.2, 0.25) is 5.43 Å². The normalized spacial score (nSPS) is 10.3. The lowest BCUT2D eigenvalue weighted by Crippen LogP contribution is -2.22. The number of fused-ring (bicyclic) bond motifs is 1. The number of hydrogen-bond donors (Lipinski definition) is 2. The Morgan fingerprint density at radius 1 is 1.12 bits per heavy atom. The average Bonchev–Trinajstić information content (AvgIpc) is 2.61. The Morgan fingerprint density at radius 2 is 1.88 bits per heavy atom. The quantitative estimate of drug-likeness (QED) is 0.774. The van der Waals surface area contributed by atoms with E-state index in [4.69, 9.17) is 5.26 Å². The molecular formula is C19H15N3O2. The van der Waals surface area contributed by atoms with Crippen molar-refractivity contribution in [3.8, 4) is 6.07 Å². The molecule has 0 aliphatic carbocycles. The van der Waals surface area contributed by atoms with Crippen molar-refractivity contribution in [2.24, 2.45) is 0 Å². The van der Waals surface area contributed by atoms with E-state index in [0.717, 1.165) is 5.56 Å². The van der Waals surface area contributed by atoms with E-state index in [-0.39, 0.29) is 11.0 Å². The number of hydrogen-bond acceptors (Lipinski definition) is 3. The average molecular weight is 317 g/mol. The van der Waals surface area contributed by atoms with E-state index in [1.54, 1.807) is 30.3 Å². The van der Waals surface area contributed by atoms with Gasteiger partial charge in [0.1, 0.15) is 5.56 Å². The number of rotatable bonds is 4. The van der Waals surface area contributed by atoms with Crippen molar-refractivity contribution in [2.45, 2.75) is 12.8 Å². The van der Waals surface area contributed by atoms with Crippen LogP contribution in [0.5, 0.6) is 0 Å². The first-order chi connectivity index (χ1) is 11.7. The number of aromatic amines is 1. The number of benzene rings is 2. The Balaban J connectivity index is 1.93. The fraction of sp³-hybridized carbons (Fsp3) is 0.105. The maximum absolute atomic E-state index is 12.5. The predicted octanol–water partition coefficient (Wildman–Crippen LogP) is 3.24. The molecule has 3 rings (SSSR count). The van der Waals surface area contributed by atoms with E-state index in [2.05, 4.69) is 16.4 Å². The van der Waals surface area contributed by atoms with Gasteiger partial charge in [-0.3, -0.25) is 9.59 Å². The van der Waals surface area contributed by atoms with E-state index >= 15 is 0 Å². The van der Waals surface area contributed by atoms with Crippen LogP contribution in [0, 0.1) is 11.3 Å². The minimum Gasteiger partial charge on any atom is -0.360 e. The first-order valence-corrected chi connectivity index (χ1v) is 7.57. The van der Waals surface area contributed by atoms with E-state index < -0.39 is 5.91 Å². The molecule has 1 amide bonds. The highest BCUT2D eigenvalue weighted by molar-refractivity contribution is 6.06. The number of aryl methyl sites for hydroxylation is 1. The summed E-state index contributed by atoms with van der Waals surface area (Å²) < 4.78 is 0. The summed E-state index contributed by atoms with van der Waals surface area (Å²) in [6.07, 6.45) is 2.34. The fourth-order valence-electron chi connectivity index (χ4n) is 2.58. The van der Waals surface area contributed by atoms with Crippen molar-refractivity contribution in [3.63, 3.8) is 0 Å². The topological polar surface area (TPSA) is 85.8 Å². The standard InChI is InChI=1S/C19H15N3O2/c20-11-5-7-13-6-1-3-9-16(13)22-19(24)15-12-21-17-10-4-2-8-14(17)18(15)23/h1-4,6,8-10,12H,5,7H2,(H,21,23)(H,22,24). The zero-order chi connectivity index (χ0) is 16.9. The van der Waals surface area contributed by atoms with E-state index in [9.17, 15) is 9.59 Å². The number of nitrogens with zero attached hydrogens (tertiary/aromatic N) is 1. The minimum atomic E-state index is -0.466. The number of amides is 1. The summed E-state index contributed by atoms with van der Waals surface area (Å²) in [6, 6.07) is 16.4. The van der Waals surface area contributed by atoms with Crippen LogP contribution in [0.2, 0.25) is 0 Å². The number of carbonyl (C=O) groups excluding carboxylic acids is 1. The number of pyridine rings is 1. The van der Waals surface area contributed by atoms with Crippen LogP contribution >= 0.6 is 0 Å². The molecule has 2 aromatic carbocycles. The van der Waals surface area contributed by atoms with Crippen LogP contribution in [0.25, 0.3) is 10.9 Å². The molecule has 118 valence electrons. The number of anilines is 1. The molecule has 3 aromatic rings. The highest BCUT2D eigenvalue weighted by Crippen LogP contribution is 2.17. The van der Waals surface area contributed by atoms with Gasteiger partial charge < -0.3 is 10.3 Å². The van der Waals surface area contributed by atoms with Gasteiger partial charge in [0.15, 0.2) is 0 Å². The van der Waals surface area contributed by atoms with Crippen molar-refractivity contribution < 1.29 is 4.79 Å². The minimum absolute atomic E-state index is 0.0591. The van der Waals surface area contributed by atoms with Crippen LogP contribution in [0.3, 0.4) is 0 Å².